The van der Waals surface area contributed by atoms with Gasteiger partial charge < -0.3 is 9.15 Å². The summed E-state index contributed by atoms with van der Waals surface area (Å²) in [7, 11) is 0. The van der Waals surface area contributed by atoms with Gasteiger partial charge in [0.2, 0.25) is 0 Å². The van der Waals surface area contributed by atoms with Gasteiger partial charge in [-0.15, -0.1) is 0 Å². The number of amides is 1. The van der Waals surface area contributed by atoms with Gasteiger partial charge in [-0.2, -0.15) is 5.10 Å². The number of hydrogen-bond donors (Lipinski definition) is 1. The van der Waals surface area contributed by atoms with E-state index in [0.29, 0.717) is 17.2 Å². The molecule has 1 N–H and O–H groups in total. The first-order valence-corrected chi connectivity index (χ1v) is 6.22. The molecule has 20 heavy (non-hydrogen) atoms. The SMILES string of the molecule is C/C(=N/NC(=O)COc1ccccc1C)c1ccco1. The molecule has 0 atom stereocenters. The number of ether oxygens (including phenoxy) is 1. The predicted molar refractivity (Wildman–Crippen MR) is 75.7 cm³/mol. The highest BCUT2D eigenvalue weighted by atomic mass is 16.5. The largest absolute Gasteiger partial charge is 0.483 e. The predicted octanol–water partition coefficient (Wildman–Crippen LogP) is 2.51. The molecule has 5 nitrogen and oxygen atoms in total. The summed E-state index contributed by atoms with van der Waals surface area (Å²) in [4.78, 5) is 11.6. The van der Waals surface area contributed by atoms with Gasteiger partial charge in [-0.25, -0.2) is 5.43 Å². The Morgan fingerprint density at radius 2 is 2.10 bits per heavy atom. The molecule has 104 valence electrons. The lowest BCUT2D eigenvalue weighted by Gasteiger charge is -2.07. The molecule has 0 aliphatic rings. The lowest BCUT2D eigenvalue weighted by atomic mass is 10.2. The molecule has 5 heteroatoms. The molecule has 1 aromatic carbocycles. The number of hydrazone groups is 1. The highest BCUT2D eigenvalue weighted by Crippen LogP contribution is 2.15. The van der Waals surface area contributed by atoms with Gasteiger partial charge in [-0.1, -0.05) is 18.2 Å². The Kier molecular flexibility index (Phi) is 4.55. The van der Waals surface area contributed by atoms with Crippen molar-refractivity contribution in [3.05, 3.63) is 54.0 Å². The number of hydrogen-bond acceptors (Lipinski definition) is 4. The van der Waals surface area contributed by atoms with Gasteiger partial charge >= 0.3 is 0 Å². The van der Waals surface area contributed by atoms with Gasteiger partial charge in [0.15, 0.2) is 6.61 Å². The molecule has 1 aromatic heterocycles. The summed E-state index contributed by atoms with van der Waals surface area (Å²) in [5, 5.41) is 3.94. The normalized spacial score (nSPS) is 11.2. The molecule has 0 aliphatic heterocycles. The monoisotopic (exact) mass is 272 g/mol. The molecule has 0 radical (unpaired) electrons. The lowest BCUT2D eigenvalue weighted by molar-refractivity contribution is -0.123. The lowest BCUT2D eigenvalue weighted by Crippen LogP contribution is -2.25. The average Bonchev–Trinajstić information content (AvgIpc) is 2.98. The minimum absolute atomic E-state index is 0.0835. The molecule has 0 fully saturated rings. The van der Waals surface area contributed by atoms with Crippen LogP contribution >= 0.6 is 0 Å². The molecule has 2 aromatic rings. The Labute approximate surface area is 117 Å². The fourth-order valence-corrected chi connectivity index (χ4v) is 1.58. The van der Waals surface area contributed by atoms with Crippen LogP contribution in [-0.4, -0.2) is 18.2 Å². The zero-order valence-electron chi connectivity index (χ0n) is 11.4. The van der Waals surface area contributed by atoms with E-state index in [4.69, 9.17) is 9.15 Å². The molecule has 0 aliphatic carbocycles. The maximum absolute atomic E-state index is 11.6. The maximum atomic E-state index is 11.6. The number of nitrogens with zero attached hydrogens (tertiary/aromatic N) is 1. The van der Waals surface area contributed by atoms with Crippen molar-refractivity contribution in [2.45, 2.75) is 13.8 Å². The van der Waals surface area contributed by atoms with Crippen molar-refractivity contribution in [1.29, 1.82) is 0 Å². The van der Waals surface area contributed by atoms with Crippen molar-refractivity contribution >= 4 is 11.6 Å². The molecule has 1 amide bonds. The molecule has 0 unspecified atom stereocenters. The molecule has 0 saturated carbocycles. The van der Waals surface area contributed by atoms with E-state index in [9.17, 15) is 4.79 Å². The Bertz CT molecular complexity index is 603. The number of aryl methyl sites for hydroxylation is 1. The van der Waals surface area contributed by atoms with Crippen molar-refractivity contribution in [1.82, 2.24) is 5.43 Å². The molecule has 2 rings (SSSR count). The first-order valence-electron chi connectivity index (χ1n) is 6.22. The Morgan fingerprint density at radius 1 is 1.30 bits per heavy atom. The van der Waals surface area contributed by atoms with E-state index in [1.165, 1.54) is 0 Å². The molecule has 0 bridgehead atoms. The van der Waals surface area contributed by atoms with Crippen molar-refractivity contribution in [3.63, 3.8) is 0 Å². The highest BCUT2D eigenvalue weighted by molar-refractivity contribution is 5.96. The first-order chi connectivity index (χ1) is 9.66. The van der Waals surface area contributed by atoms with Crippen LogP contribution in [0.4, 0.5) is 0 Å². The Morgan fingerprint density at radius 3 is 2.80 bits per heavy atom. The third-order valence-electron chi connectivity index (χ3n) is 2.68. The minimum atomic E-state index is -0.320. The van der Waals surface area contributed by atoms with Gasteiger partial charge in [-0.3, -0.25) is 4.79 Å². The highest BCUT2D eigenvalue weighted by Gasteiger charge is 2.05. The average molecular weight is 272 g/mol. The number of carbonyl (C=O) groups excluding carboxylic acids is 1. The van der Waals surface area contributed by atoms with Crippen molar-refractivity contribution in [2.24, 2.45) is 5.10 Å². The van der Waals surface area contributed by atoms with Crippen LogP contribution in [0.25, 0.3) is 0 Å². The summed E-state index contributed by atoms with van der Waals surface area (Å²) in [6.07, 6.45) is 1.55. The van der Waals surface area contributed by atoms with Crippen molar-refractivity contribution in [2.75, 3.05) is 6.61 Å². The fourth-order valence-electron chi connectivity index (χ4n) is 1.58. The topological polar surface area (TPSA) is 63.8 Å². The van der Waals surface area contributed by atoms with Crippen LogP contribution in [0, 0.1) is 6.92 Å². The number of nitrogens with one attached hydrogen (secondary N) is 1. The summed E-state index contributed by atoms with van der Waals surface area (Å²) in [5.74, 6) is 0.985. The van der Waals surface area contributed by atoms with E-state index in [-0.39, 0.29) is 12.5 Å². The third-order valence-corrected chi connectivity index (χ3v) is 2.68. The molecule has 0 spiro atoms. The summed E-state index contributed by atoms with van der Waals surface area (Å²) >= 11 is 0. The van der Waals surface area contributed by atoms with E-state index in [1.807, 2.05) is 31.2 Å². The minimum Gasteiger partial charge on any atom is -0.483 e. The van der Waals surface area contributed by atoms with E-state index in [0.717, 1.165) is 5.56 Å². The number of para-hydroxylation sites is 1. The zero-order valence-corrected chi connectivity index (χ0v) is 11.4. The standard InChI is InChI=1S/C15H16N2O3/c1-11-6-3-4-7-13(11)20-10-15(18)17-16-12(2)14-8-5-9-19-14/h3-9H,10H2,1-2H3,(H,17,18)/b16-12-. The van der Waals surface area contributed by atoms with Gasteiger partial charge in [0.05, 0.1) is 6.26 Å². The van der Waals surface area contributed by atoms with Crippen molar-refractivity contribution in [3.8, 4) is 5.75 Å². The second-order valence-corrected chi connectivity index (χ2v) is 4.26. The number of benzene rings is 1. The summed E-state index contributed by atoms with van der Waals surface area (Å²) in [5.41, 5.74) is 4.00. The molecular formula is C15H16N2O3. The number of rotatable bonds is 5. The Hall–Kier alpha value is -2.56. The third kappa shape index (κ3) is 3.71. The van der Waals surface area contributed by atoms with Crippen LogP contribution < -0.4 is 10.2 Å². The van der Waals surface area contributed by atoms with Gasteiger partial charge in [0.25, 0.3) is 5.91 Å². The quantitative estimate of drug-likeness (QED) is 0.672. The zero-order chi connectivity index (χ0) is 14.4. The Balaban J connectivity index is 1.84. The second kappa shape index (κ2) is 6.56. The van der Waals surface area contributed by atoms with Gasteiger partial charge in [0.1, 0.15) is 17.2 Å². The van der Waals surface area contributed by atoms with Crippen LogP contribution in [-0.2, 0) is 4.79 Å². The molecule has 1 heterocycles. The number of carbonyl (C=O) groups is 1. The van der Waals surface area contributed by atoms with Gasteiger partial charge in [-0.05, 0) is 37.6 Å². The summed E-state index contributed by atoms with van der Waals surface area (Å²) in [6.45, 7) is 3.59. The number of furan rings is 1. The van der Waals surface area contributed by atoms with E-state index in [2.05, 4.69) is 10.5 Å². The van der Waals surface area contributed by atoms with Gasteiger partial charge in [0, 0.05) is 0 Å². The van der Waals surface area contributed by atoms with Crippen LogP contribution in [0.2, 0.25) is 0 Å². The molecule has 0 saturated heterocycles. The van der Waals surface area contributed by atoms with Crippen LogP contribution in [0.3, 0.4) is 0 Å². The second-order valence-electron chi connectivity index (χ2n) is 4.26. The first kappa shape index (κ1) is 13.9. The van der Waals surface area contributed by atoms with Crippen LogP contribution in [0.15, 0.2) is 52.2 Å². The maximum Gasteiger partial charge on any atom is 0.277 e. The summed E-state index contributed by atoms with van der Waals surface area (Å²) < 4.78 is 10.6. The van der Waals surface area contributed by atoms with Crippen LogP contribution in [0.5, 0.6) is 5.75 Å². The van der Waals surface area contributed by atoms with E-state index in [1.54, 1.807) is 25.3 Å². The molecular weight excluding hydrogens is 256 g/mol. The van der Waals surface area contributed by atoms with Crippen LogP contribution in [0.1, 0.15) is 18.2 Å². The smallest absolute Gasteiger partial charge is 0.277 e. The van der Waals surface area contributed by atoms with Crippen molar-refractivity contribution < 1.29 is 13.9 Å². The van der Waals surface area contributed by atoms with E-state index >= 15 is 0 Å². The fraction of sp³-hybridized carbons (Fsp3) is 0.200. The summed E-state index contributed by atoms with van der Waals surface area (Å²) in [6, 6.07) is 11.1. The van der Waals surface area contributed by atoms with E-state index < -0.39 is 0 Å².